The summed E-state index contributed by atoms with van der Waals surface area (Å²) in [6, 6.07) is 0. The van der Waals surface area contributed by atoms with Crippen molar-refractivity contribution in [1.82, 2.24) is 9.97 Å². The second kappa shape index (κ2) is 5.13. The molecule has 0 aromatic carbocycles. The monoisotopic (exact) mass is 283 g/mol. The first kappa shape index (κ1) is 11.8. The van der Waals surface area contributed by atoms with Crippen molar-refractivity contribution in [2.24, 2.45) is 5.41 Å². The van der Waals surface area contributed by atoms with Crippen molar-refractivity contribution < 1.29 is 0 Å². The van der Waals surface area contributed by atoms with E-state index in [-0.39, 0.29) is 0 Å². The van der Waals surface area contributed by atoms with Crippen LogP contribution in [0.4, 0.5) is 5.95 Å². The summed E-state index contributed by atoms with van der Waals surface area (Å²) in [6.07, 6.45) is 10.3. The summed E-state index contributed by atoms with van der Waals surface area (Å²) in [4.78, 5) is 8.45. The van der Waals surface area contributed by atoms with E-state index in [2.05, 4.69) is 38.1 Å². The van der Waals surface area contributed by atoms with Crippen LogP contribution in [0.25, 0.3) is 0 Å². The van der Waals surface area contributed by atoms with Gasteiger partial charge in [-0.1, -0.05) is 26.2 Å². The van der Waals surface area contributed by atoms with Crippen LogP contribution in [0.3, 0.4) is 0 Å². The quantitative estimate of drug-likeness (QED) is 0.921. The molecule has 0 atom stereocenters. The number of rotatable bonds is 3. The van der Waals surface area contributed by atoms with Gasteiger partial charge in [0.25, 0.3) is 0 Å². The molecule has 0 aliphatic heterocycles. The van der Waals surface area contributed by atoms with Gasteiger partial charge in [-0.05, 0) is 34.2 Å². The van der Waals surface area contributed by atoms with E-state index in [1.807, 2.05) is 0 Å². The molecule has 1 N–H and O–H groups in total. The van der Waals surface area contributed by atoms with Crippen LogP contribution >= 0.6 is 15.9 Å². The first-order valence-electron chi connectivity index (χ1n) is 5.89. The summed E-state index contributed by atoms with van der Waals surface area (Å²) in [6.45, 7) is 3.34. The number of nitrogens with zero attached hydrogens (tertiary/aromatic N) is 2. The number of nitrogens with one attached hydrogen (secondary N) is 1. The zero-order valence-electron chi connectivity index (χ0n) is 9.67. The standard InChI is InChI=1S/C12H18BrN3/c1-12(5-3-2-4-6-12)9-16-11-14-7-10(13)8-15-11/h7-8H,2-6,9H2,1H3,(H,14,15,16). The number of halogens is 1. The summed E-state index contributed by atoms with van der Waals surface area (Å²) in [5.74, 6) is 0.731. The Bertz CT molecular complexity index is 331. The molecule has 1 aliphatic rings. The highest BCUT2D eigenvalue weighted by Gasteiger charge is 2.26. The maximum absolute atomic E-state index is 4.22. The van der Waals surface area contributed by atoms with E-state index >= 15 is 0 Å². The van der Waals surface area contributed by atoms with Crippen molar-refractivity contribution in [2.75, 3.05) is 11.9 Å². The molecule has 2 rings (SSSR count). The minimum atomic E-state index is 0.425. The Morgan fingerprint density at radius 3 is 2.50 bits per heavy atom. The molecule has 0 amide bonds. The molecule has 0 radical (unpaired) electrons. The van der Waals surface area contributed by atoms with E-state index in [1.54, 1.807) is 12.4 Å². The fourth-order valence-corrected chi connectivity index (χ4v) is 2.48. The van der Waals surface area contributed by atoms with Crippen LogP contribution in [0.1, 0.15) is 39.0 Å². The second-order valence-electron chi connectivity index (χ2n) is 4.95. The molecule has 4 heteroatoms. The van der Waals surface area contributed by atoms with Gasteiger partial charge in [0.1, 0.15) is 0 Å². The zero-order chi connectivity index (χ0) is 11.4. The summed E-state index contributed by atoms with van der Waals surface area (Å²) in [5, 5.41) is 3.34. The van der Waals surface area contributed by atoms with Gasteiger partial charge in [0, 0.05) is 18.9 Å². The van der Waals surface area contributed by atoms with Gasteiger partial charge < -0.3 is 5.32 Å². The fraction of sp³-hybridized carbons (Fsp3) is 0.667. The average molecular weight is 284 g/mol. The van der Waals surface area contributed by atoms with E-state index in [0.29, 0.717) is 5.41 Å². The molecular formula is C12H18BrN3. The van der Waals surface area contributed by atoms with Crippen molar-refractivity contribution in [3.05, 3.63) is 16.9 Å². The Morgan fingerprint density at radius 2 is 1.88 bits per heavy atom. The predicted octanol–water partition coefficient (Wildman–Crippen LogP) is 3.62. The van der Waals surface area contributed by atoms with Crippen LogP contribution in [0.5, 0.6) is 0 Å². The Labute approximate surface area is 105 Å². The second-order valence-corrected chi connectivity index (χ2v) is 5.87. The minimum Gasteiger partial charge on any atom is -0.354 e. The van der Waals surface area contributed by atoms with Crippen LogP contribution in [-0.2, 0) is 0 Å². The number of anilines is 1. The molecule has 1 aromatic heterocycles. The van der Waals surface area contributed by atoms with E-state index < -0.39 is 0 Å². The van der Waals surface area contributed by atoms with Crippen molar-refractivity contribution in [2.45, 2.75) is 39.0 Å². The highest BCUT2D eigenvalue weighted by Crippen LogP contribution is 2.35. The van der Waals surface area contributed by atoms with Crippen molar-refractivity contribution in [3.8, 4) is 0 Å². The Hall–Kier alpha value is -0.640. The third kappa shape index (κ3) is 3.17. The maximum Gasteiger partial charge on any atom is 0.222 e. The highest BCUT2D eigenvalue weighted by atomic mass is 79.9. The summed E-state index contributed by atoms with van der Waals surface area (Å²) < 4.78 is 0.918. The van der Waals surface area contributed by atoms with E-state index in [1.165, 1.54) is 32.1 Å². The molecule has 0 spiro atoms. The van der Waals surface area contributed by atoms with Gasteiger partial charge in [0.2, 0.25) is 5.95 Å². The lowest BCUT2D eigenvalue weighted by Crippen LogP contribution is -2.29. The third-order valence-electron chi connectivity index (χ3n) is 3.35. The van der Waals surface area contributed by atoms with Crippen molar-refractivity contribution in [3.63, 3.8) is 0 Å². The Balaban J connectivity index is 1.88. The molecule has 1 heterocycles. The number of aromatic nitrogens is 2. The molecule has 1 saturated carbocycles. The largest absolute Gasteiger partial charge is 0.354 e. The van der Waals surface area contributed by atoms with Crippen LogP contribution < -0.4 is 5.32 Å². The van der Waals surface area contributed by atoms with Gasteiger partial charge >= 0.3 is 0 Å². The number of hydrogen-bond acceptors (Lipinski definition) is 3. The molecule has 16 heavy (non-hydrogen) atoms. The lowest BCUT2D eigenvalue weighted by atomic mass is 9.76. The highest BCUT2D eigenvalue weighted by molar-refractivity contribution is 9.10. The fourth-order valence-electron chi connectivity index (χ4n) is 2.28. The summed E-state index contributed by atoms with van der Waals surface area (Å²) in [7, 11) is 0. The third-order valence-corrected chi connectivity index (χ3v) is 3.76. The first-order valence-corrected chi connectivity index (χ1v) is 6.69. The Morgan fingerprint density at radius 1 is 1.25 bits per heavy atom. The van der Waals surface area contributed by atoms with Gasteiger partial charge in [-0.15, -0.1) is 0 Å². The maximum atomic E-state index is 4.22. The first-order chi connectivity index (χ1) is 7.68. The Kier molecular flexibility index (Phi) is 3.79. The summed E-state index contributed by atoms with van der Waals surface area (Å²) >= 11 is 3.33. The topological polar surface area (TPSA) is 37.8 Å². The van der Waals surface area contributed by atoms with E-state index in [0.717, 1.165) is 17.0 Å². The summed E-state index contributed by atoms with van der Waals surface area (Å²) in [5.41, 5.74) is 0.425. The smallest absolute Gasteiger partial charge is 0.222 e. The molecule has 1 fully saturated rings. The molecular weight excluding hydrogens is 266 g/mol. The van der Waals surface area contributed by atoms with Crippen LogP contribution in [0.15, 0.2) is 16.9 Å². The molecule has 0 bridgehead atoms. The van der Waals surface area contributed by atoms with Gasteiger partial charge in [0.05, 0.1) is 4.47 Å². The van der Waals surface area contributed by atoms with E-state index in [9.17, 15) is 0 Å². The normalized spacial score (nSPS) is 19.4. The molecule has 88 valence electrons. The van der Waals surface area contributed by atoms with Crippen molar-refractivity contribution >= 4 is 21.9 Å². The molecule has 0 saturated heterocycles. The zero-order valence-corrected chi connectivity index (χ0v) is 11.3. The van der Waals surface area contributed by atoms with E-state index in [4.69, 9.17) is 0 Å². The lowest BCUT2D eigenvalue weighted by Gasteiger charge is -2.33. The molecule has 0 unspecified atom stereocenters. The minimum absolute atomic E-state index is 0.425. The van der Waals surface area contributed by atoms with Crippen LogP contribution in [0.2, 0.25) is 0 Å². The molecule has 3 nitrogen and oxygen atoms in total. The average Bonchev–Trinajstić information content (AvgIpc) is 2.29. The number of hydrogen-bond donors (Lipinski definition) is 1. The molecule has 1 aromatic rings. The van der Waals surface area contributed by atoms with Crippen LogP contribution in [-0.4, -0.2) is 16.5 Å². The van der Waals surface area contributed by atoms with Gasteiger partial charge in [-0.3, -0.25) is 0 Å². The van der Waals surface area contributed by atoms with Crippen molar-refractivity contribution in [1.29, 1.82) is 0 Å². The molecule has 1 aliphatic carbocycles. The van der Waals surface area contributed by atoms with Crippen LogP contribution in [0, 0.1) is 5.41 Å². The lowest BCUT2D eigenvalue weighted by molar-refractivity contribution is 0.233. The van der Waals surface area contributed by atoms with Gasteiger partial charge in [0.15, 0.2) is 0 Å². The predicted molar refractivity (Wildman–Crippen MR) is 69.4 cm³/mol. The van der Waals surface area contributed by atoms with Gasteiger partial charge in [-0.25, -0.2) is 9.97 Å². The SMILES string of the molecule is CC1(CNc2ncc(Br)cn2)CCCCC1. The van der Waals surface area contributed by atoms with Gasteiger partial charge in [-0.2, -0.15) is 0 Å².